The first kappa shape index (κ1) is 18.0. The molecule has 1 saturated heterocycles. The number of thiophene rings is 1. The van der Waals surface area contributed by atoms with Crippen LogP contribution in [0.15, 0.2) is 24.8 Å². The highest BCUT2D eigenvalue weighted by Gasteiger charge is 2.38. The first-order valence-electron chi connectivity index (χ1n) is 7.60. The first-order valence-corrected chi connectivity index (χ1v) is 8.79. The number of carbonyl (C=O) groups is 2. The number of carbonyl (C=O) groups excluding carboxylic acids is 2. The highest BCUT2D eigenvalue weighted by atomic mass is 35.5. The lowest BCUT2D eigenvalue weighted by Gasteiger charge is -2.24. The SMILES string of the molecule is C=CCN(Cc1ccc(Cl)s1)CN1C(=O)N[C@@H](CC(C)C)C1=O. The Morgan fingerprint density at radius 3 is 2.78 bits per heavy atom. The maximum Gasteiger partial charge on any atom is 0.325 e. The van der Waals surface area contributed by atoms with Crippen LogP contribution in [0.5, 0.6) is 0 Å². The molecule has 7 heteroatoms. The highest BCUT2D eigenvalue weighted by molar-refractivity contribution is 7.16. The zero-order valence-corrected chi connectivity index (χ0v) is 15.0. The van der Waals surface area contributed by atoms with Gasteiger partial charge in [0, 0.05) is 18.0 Å². The van der Waals surface area contributed by atoms with Gasteiger partial charge >= 0.3 is 6.03 Å². The standard InChI is InChI=1S/C16H22ClN3O2S/c1-4-7-19(9-12-5-6-14(17)23-12)10-20-15(21)13(8-11(2)3)18-16(20)22/h4-6,11,13H,1,7-10H2,2-3H3,(H,18,22)/t13-/m0/s1. The highest BCUT2D eigenvalue weighted by Crippen LogP contribution is 2.23. The number of rotatable bonds is 8. The summed E-state index contributed by atoms with van der Waals surface area (Å²) in [5.41, 5.74) is 0. The van der Waals surface area contributed by atoms with Gasteiger partial charge in [-0.3, -0.25) is 9.69 Å². The Morgan fingerprint density at radius 1 is 1.48 bits per heavy atom. The van der Waals surface area contributed by atoms with E-state index in [-0.39, 0.29) is 18.6 Å². The third-order valence-electron chi connectivity index (χ3n) is 3.55. The fourth-order valence-electron chi connectivity index (χ4n) is 2.55. The van der Waals surface area contributed by atoms with Crippen LogP contribution in [0.2, 0.25) is 4.34 Å². The Hall–Kier alpha value is -1.37. The second kappa shape index (κ2) is 7.95. The van der Waals surface area contributed by atoms with Crippen LogP contribution < -0.4 is 5.32 Å². The van der Waals surface area contributed by atoms with Crippen LogP contribution in [0.4, 0.5) is 4.79 Å². The Bertz CT molecular complexity index is 588. The van der Waals surface area contributed by atoms with E-state index in [4.69, 9.17) is 11.6 Å². The molecule has 23 heavy (non-hydrogen) atoms. The van der Waals surface area contributed by atoms with Crippen molar-refractivity contribution in [3.05, 3.63) is 34.0 Å². The summed E-state index contributed by atoms with van der Waals surface area (Å²) in [6, 6.07) is 3.07. The van der Waals surface area contributed by atoms with Crippen LogP contribution in [-0.2, 0) is 11.3 Å². The van der Waals surface area contributed by atoms with E-state index in [1.54, 1.807) is 6.08 Å². The molecule has 1 aliphatic heterocycles. The van der Waals surface area contributed by atoms with Gasteiger partial charge in [0.2, 0.25) is 0 Å². The van der Waals surface area contributed by atoms with Crippen molar-refractivity contribution in [3.63, 3.8) is 0 Å². The maximum absolute atomic E-state index is 12.4. The molecule has 0 aliphatic carbocycles. The molecule has 0 bridgehead atoms. The minimum atomic E-state index is -0.413. The summed E-state index contributed by atoms with van der Waals surface area (Å²) in [7, 11) is 0. The van der Waals surface area contributed by atoms with Crippen molar-refractivity contribution >= 4 is 34.9 Å². The van der Waals surface area contributed by atoms with Crippen LogP contribution in [-0.4, -0.2) is 41.0 Å². The largest absolute Gasteiger partial charge is 0.326 e. The van der Waals surface area contributed by atoms with E-state index in [0.29, 0.717) is 25.4 Å². The summed E-state index contributed by atoms with van der Waals surface area (Å²) in [6.45, 7) is 9.27. The van der Waals surface area contributed by atoms with Crippen molar-refractivity contribution in [2.45, 2.75) is 32.9 Å². The molecule has 1 aromatic heterocycles. The number of nitrogens with one attached hydrogen (secondary N) is 1. The molecule has 0 unspecified atom stereocenters. The van der Waals surface area contributed by atoms with E-state index < -0.39 is 6.04 Å². The maximum atomic E-state index is 12.4. The molecule has 1 aliphatic rings. The molecule has 5 nitrogen and oxygen atoms in total. The summed E-state index contributed by atoms with van der Waals surface area (Å²) < 4.78 is 0.727. The summed E-state index contributed by atoms with van der Waals surface area (Å²) in [5.74, 6) is 0.198. The Labute approximate surface area is 145 Å². The van der Waals surface area contributed by atoms with Gasteiger partial charge in [-0.2, -0.15) is 0 Å². The van der Waals surface area contributed by atoms with E-state index in [9.17, 15) is 9.59 Å². The number of hydrogen-bond acceptors (Lipinski definition) is 4. The number of urea groups is 1. The molecule has 0 aromatic carbocycles. The van der Waals surface area contributed by atoms with Gasteiger partial charge in [-0.05, 0) is 24.5 Å². The van der Waals surface area contributed by atoms with Crippen molar-refractivity contribution in [2.75, 3.05) is 13.2 Å². The van der Waals surface area contributed by atoms with Crippen molar-refractivity contribution in [1.82, 2.24) is 15.1 Å². The van der Waals surface area contributed by atoms with E-state index in [0.717, 1.165) is 9.21 Å². The van der Waals surface area contributed by atoms with Gasteiger partial charge in [0.1, 0.15) is 6.04 Å². The molecule has 0 spiro atoms. The van der Waals surface area contributed by atoms with E-state index in [1.807, 2.05) is 30.9 Å². The normalized spacial score (nSPS) is 18.1. The van der Waals surface area contributed by atoms with Gasteiger partial charge in [0.05, 0.1) is 11.0 Å². The van der Waals surface area contributed by atoms with Crippen LogP contribution in [0.3, 0.4) is 0 Å². The fourth-order valence-corrected chi connectivity index (χ4v) is 3.68. The number of nitrogens with zero attached hydrogens (tertiary/aromatic N) is 2. The number of amides is 3. The molecule has 1 fully saturated rings. The lowest BCUT2D eigenvalue weighted by molar-refractivity contribution is -0.129. The van der Waals surface area contributed by atoms with Crippen molar-refractivity contribution in [2.24, 2.45) is 5.92 Å². The van der Waals surface area contributed by atoms with Crippen LogP contribution in [0, 0.1) is 5.92 Å². The minimum absolute atomic E-state index is 0.151. The predicted octanol–water partition coefficient (Wildman–Crippen LogP) is 3.31. The van der Waals surface area contributed by atoms with E-state index in [2.05, 4.69) is 11.9 Å². The summed E-state index contributed by atoms with van der Waals surface area (Å²) in [5, 5.41) is 2.77. The van der Waals surface area contributed by atoms with Gasteiger partial charge in [-0.15, -0.1) is 17.9 Å². The number of halogens is 1. The topological polar surface area (TPSA) is 52.6 Å². The minimum Gasteiger partial charge on any atom is -0.326 e. The Morgan fingerprint density at radius 2 is 2.22 bits per heavy atom. The third kappa shape index (κ3) is 4.80. The van der Waals surface area contributed by atoms with Crippen LogP contribution in [0.1, 0.15) is 25.1 Å². The monoisotopic (exact) mass is 355 g/mol. The lowest BCUT2D eigenvalue weighted by atomic mass is 10.0. The third-order valence-corrected chi connectivity index (χ3v) is 4.77. The predicted molar refractivity (Wildman–Crippen MR) is 93.4 cm³/mol. The quantitative estimate of drug-likeness (QED) is 0.575. The summed E-state index contributed by atoms with van der Waals surface area (Å²) in [6.07, 6.45) is 2.42. The molecule has 1 atom stereocenters. The molecular formula is C16H22ClN3O2S. The molecule has 126 valence electrons. The average Bonchev–Trinajstić information content (AvgIpc) is 2.97. The molecule has 2 heterocycles. The molecule has 0 saturated carbocycles. The molecule has 1 N–H and O–H groups in total. The van der Waals surface area contributed by atoms with Crippen molar-refractivity contribution in [1.29, 1.82) is 0 Å². The zero-order chi connectivity index (χ0) is 17.0. The molecule has 3 amide bonds. The molecule has 2 rings (SSSR count). The van der Waals surface area contributed by atoms with Crippen molar-refractivity contribution in [3.8, 4) is 0 Å². The van der Waals surface area contributed by atoms with E-state index >= 15 is 0 Å². The summed E-state index contributed by atoms with van der Waals surface area (Å²) in [4.78, 5) is 28.9. The van der Waals surface area contributed by atoms with Gasteiger partial charge in [0.15, 0.2) is 0 Å². The molecule has 1 aromatic rings. The van der Waals surface area contributed by atoms with Crippen LogP contribution in [0.25, 0.3) is 0 Å². The Kier molecular flexibility index (Phi) is 6.21. The van der Waals surface area contributed by atoms with Gasteiger partial charge < -0.3 is 5.32 Å². The average molecular weight is 356 g/mol. The molecular weight excluding hydrogens is 334 g/mol. The fraction of sp³-hybridized carbons (Fsp3) is 0.500. The lowest BCUT2D eigenvalue weighted by Crippen LogP contribution is -2.41. The number of hydrogen-bond donors (Lipinski definition) is 1. The second-order valence-corrected chi connectivity index (χ2v) is 7.84. The second-order valence-electron chi connectivity index (χ2n) is 6.05. The first-order chi connectivity index (χ1) is 10.9. The zero-order valence-electron chi connectivity index (χ0n) is 13.4. The molecule has 0 radical (unpaired) electrons. The number of imide groups is 1. The van der Waals surface area contributed by atoms with Gasteiger partial charge in [0.25, 0.3) is 5.91 Å². The Balaban J connectivity index is 2.02. The summed E-state index contributed by atoms with van der Waals surface area (Å²) >= 11 is 7.45. The van der Waals surface area contributed by atoms with E-state index in [1.165, 1.54) is 16.2 Å². The smallest absolute Gasteiger partial charge is 0.325 e. The van der Waals surface area contributed by atoms with Crippen LogP contribution >= 0.6 is 22.9 Å². The van der Waals surface area contributed by atoms with Gasteiger partial charge in [-0.1, -0.05) is 31.5 Å². The van der Waals surface area contributed by atoms with Gasteiger partial charge in [-0.25, -0.2) is 9.69 Å². The van der Waals surface area contributed by atoms with Crippen molar-refractivity contribution < 1.29 is 9.59 Å².